The fourth-order valence-electron chi connectivity index (χ4n) is 1.85. The molecule has 2 aromatic rings. The Morgan fingerprint density at radius 1 is 0.850 bits per heavy atom. The van der Waals surface area contributed by atoms with Crippen molar-refractivity contribution >= 4 is 0 Å². The largest absolute Gasteiger partial charge is 0.508 e. The zero-order valence-corrected chi connectivity index (χ0v) is 12.6. The second-order valence-corrected chi connectivity index (χ2v) is 4.97. The number of hydrogen-bond donors (Lipinski definition) is 2. The molecule has 2 rings (SSSR count). The van der Waals surface area contributed by atoms with Crippen molar-refractivity contribution in [2.24, 2.45) is 0 Å². The Labute approximate surface area is 121 Å². The third-order valence-corrected chi connectivity index (χ3v) is 3.24. The molecule has 0 saturated carbocycles. The number of aryl methyl sites for hydroxylation is 3. The Bertz CT molecular complexity index is 512. The normalized spacial score (nSPS) is 9.75. The van der Waals surface area contributed by atoms with Crippen LogP contribution in [0.4, 0.5) is 0 Å². The van der Waals surface area contributed by atoms with Crippen molar-refractivity contribution in [2.75, 3.05) is 0 Å². The molecular weight excluding hydrogens is 248 g/mol. The number of phenolic OH excluding ortho intramolecular Hbond substituents is 2. The van der Waals surface area contributed by atoms with Crippen LogP contribution in [0.15, 0.2) is 42.5 Å². The maximum Gasteiger partial charge on any atom is 0.121 e. The molecule has 0 atom stereocenters. The van der Waals surface area contributed by atoms with Crippen LogP contribution < -0.4 is 0 Å². The van der Waals surface area contributed by atoms with E-state index in [1.165, 1.54) is 6.42 Å². The number of hydrogen-bond acceptors (Lipinski definition) is 2. The summed E-state index contributed by atoms with van der Waals surface area (Å²) in [6.07, 6.45) is 3.31. The van der Waals surface area contributed by atoms with Crippen LogP contribution in [-0.2, 0) is 6.42 Å². The van der Waals surface area contributed by atoms with Crippen molar-refractivity contribution in [2.45, 2.75) is 40.0 Å². The van der Waals surface area contributed by atoms with Gasteiger partial charge in [0.15, 0.2) is 0 Å². The van der Waals surface area contributed by atoms with Gasteiger partial charge in [-0.2, -0.15) is 0 Å². The molecule has 0 amide bonds. The highest BCUT2D eigenvalue weighted by Gasteiger charge is 2.01. The summed E-state index contributed by atoms with van der Waals surface area (Å²) in [5.41, 5.74) is 2.98. The molecule has 2 nitrogen and oxygen atoms in total. The summed E-state index contributed by atoms with van der Waals surface area (Å²) in [4.78, 5) is 0. The second-order valence-electron chi connectivity index (χ2n) is 4.97. The van der Waals surface area contributed by atoms with E-state index in [-0.39, 0.29) is 0 Å². The molecule has 2 N–H and O–H groups in total. The van der Waals surface area contributed by atoms with Crippen LogP contribution in [0.5, 0.6) is 11.5 Å². The van der Waals surface area contributed by atoms with E-state index >= 15 is 0 Å². The van der Waals surface area contributed by atoms with E-state index in [1.54, 1.807) is 6.07 Å². The maximum absolute atomic E-state index is 9.62. The molecule has 108 valence electrons. The van der Waals surface area contributed by atoms with Gasteiger partial charge in [0.2, 0.25) is 0 Å². The van der Waals surface area contributed by atoms with Gasteiger partial charge >= 0.3 is 0 Å². The van der Waals surface area contributed by atoms with Gasteiger partial charge in [0.05, 0.1) is 0 Å². The minimum Gasteiger partial charge on any atom is -0.508 e. The summed E-state index contributed by atoms with van der Waals surface area (Å²) < 4.78 is 0. The maximum atomic E-state index is 9.62. The number of unbranched alkanes of at least 4 members (excludes halogenated alkanes) is 1. The molecule has 0 fully saturated rings. The Hall–Kier alpha value is -1.96. The van der Waals surface area contributed by atoms with Crippen LogP contribution >= 0.6 is 0 Å². The van der Waals surface area contributed by atoms with Gasteiger partial charge in [0, 0.05) is 0 Å². The Balaban J connectivity index is 0.000000217. The van der Waals surface area contributed by atoms with Gasteiger partial charge in [-0.05, 0) is 49.4 Å². The number of phenols is 2. The summed E-state index contributed by atoms with van der Waals surface area (Å²) in [5.74, 6) is 0.846. The summed E-state index contributed by atoms with van der Waals surface area (Å²) in [5, 5.41) is 18.5. The van der Waals surface area contributed by atoms with Gasteiger partial charge in [-0.15, -0.1) is 0 Å². The van der Waals surface area contributed by atoms with Crippen molar-refractivity contribution in [1.29, 1.82) is 0 Å². The van der Waals surface area contributed by atoms with E-state index in [9.17, 15) is 5.11 Å². The molecule has 20 heavy (non-hydrogen) atoms. The third-order valence-electron chi connectivity index (χ3n) is 3.24. The summed E-state index contributed by atoms with van der Waals surface area (Å²) in [6, 6.07) is 13.2. The zero-order chi connectivity index (χ0) is 15.0. The Morgan fingerprint density at radius 3 is 2.05 bits per heavy atom. The number of benzene rings is 2. The van der Waals surface area contributed by atoms with Crippen molar-refractivity contribution in [3.63, 3.8) is 0 Å². The highest BCUT2D eigenvalue weighted by atomic mass is 16.3. The SMILES string of the molecule is CCCCc1cccc(C)c1O.Cc1ccccc1O. The molecule has 0 aliphatic carbocycles. The molecule has 2 aromatic carbocycles. The second kappa shape index (κ2) is 8.26. The molecular formula is C18H24O2. The lowest BCUT2D eigenvalue weighted by Gasteiger charge is -2.05. The molecule has 0 bridgehead atoms. The Kier molecular flexibility index (Phi) is 6.65. The first-order chi connectivity index (χ1) is 9.56. The van der Waals surface area contributed by atoms with Crippen LogP contribution in [0.25, 0.3) is 0 Å². The van der Waals surface area contributed by atoms with Crippen molar-refractivity contribution in [3.05, 3.63) is 59.2 Å². The van der Waals surface area contributed by atoms with Gasteiger partial charge in [-0.25, -0.2) is 0 Å². The van der Waals surface area contributed by atoms with Crippen molar-refractivity contribution < 1.29 is 10.2 Å². The number of rotatable bonds is 3. The molecule has 0 radical (unpaired) electrons. The molecule has 0 aromatic heterocycles. The number of para-hydroxylation sites is 2. The third kappa shape index (κ3) is 4.96. The first-order valence-electron chi connectivity index (χ1n) is 7.08. The minimum absolute atomic E-state index is 0.368. The fourth-order valence-corrected chi connectivity index (χ4v) is 1.85. The van der Waals surface area contributed by atoms with Gasteiger partial charge in [-0.3, -0.25) is 0 Å². The van der Waals surface area contributed by atoms with Gasteiger partial charge in [0.25, 0.3) is 0 Å². The average Bonchev–Trinajstić information content (AvgIpc) is 2.44. The van der Waals surface area contributed by atoms with E-state index < -0.39 is 0 Å². The quantitative estimate of drug-likeness (QED) is 0.847. The molecule has 0 aliphatic heterocycles. The Morgan fingerprint density at radius 2 is 1.50 bits per heavy atom. The van der Waals surface area contributed by atoms with E-state index in [4.69, 9.17) is 5.11 Å². The molecule has 0 heterocycles. The van der Waals surface area contributed by atoms with Crippen molar-refractivity contribution in [3.8, 4) is 11.5 Å². The topological polar surface area (TPSA) is 40.5 Å². The summed E-state index contributed by atoms with van der Waals surface area (Å²) in [7, 11) is 0. The predicted molar refractivity (Wildman–Crippen MR) is 84.3 cm³/mol. The summed E-state index contributed by atoms with van der Waals surface area (Å²) >= 11 is 0. The van der Waals surface area contributed by atoms with Crippen LogP contribution in [0.1, 0.15) is 36.5 Å². The van der Waals surface area contributed by atoms with Crippen molar-refractivity contribution in [1.82, 2.24) is 0 Å². The lowest BCUT2D eigenvalue weighted by Crippen LogP contribution is -1.87. The first-order valence-corrected chi connectivity index (χ1v) is 7.08. The van der Waals surface area contributed by atoms with Crippen LogP contribution in [-0.4, -0.2) is 10.2 Å². The smallest absolute Gasteiger partial charge is 0.121 e. The number of aromatic hydroxyl groups is 2. The monoisotopic (exact) mass is 272 g/mol. The minimum atomic E-state index is 0.368. The molecule has 0 unspecified atom stereocenters. The standard InChI is InChI=1S/C11H16O.C7H8O/c1-3-4-7-10-8-5-6-9(2)11(10)12;1-6-4-2-3-5-7(6)8/h5-6,8,12H,3-4,7H2,1-2H3;2-5,8H,1H3. The first kappa shape index (κ1) is 16.1. The van der Waals surface area contributed by atoms with E-state index in [0.717, 1.165) is 29.5 Å². The zero-order valence-electron chi connectivity index (χ0n) is 12.6. The van der Waals surface area contributed by atoms with E-state index in [1.807, 2.05) is 50.2 Å². The summed E-state index contributed by atoms with van der Waals surface area (Å²) in [6.45, 7) is 5.97. The molecule has 0 aliphatic rings. The van der Waals surface area contributed by atoms with Crippen LogP contribution in [0.2, 0.25) is 0 Å². The highest BCUT2D eigenvalue weighted by molar-refractivity contribution is 5.39. The van der Waals surface area contributed by atoms with Crippen LogP contribution in [0, 0.1) is 13.8 Å². The van der Waals surface area contributed by atoms with Gasteiger partial charge in [0.1, 0.15) is 11.5 Å². The van der Waals surface area contributed by atoms with Crippen LogP contribution in [0.3, 0.4) is 0 Å². The molecule has 0 saturated heterocycles. The average molecular weight is 272 g/mol. The fraction of sp³-hybridized carbons (Fsp3) is 0.333. The van der Waals surface area contributed by atoms with Gasteiger partial charge in [-0.1, -0.05) is 49.7 Å². The lowest BCUT2D eigenvalue weighted by atomic mass is 10.0. The predicted octanol–water partition coefficient (Wildman–Crippen LogP) is 4.74. The van der Waals surface area contributed by atoms with E-state index in [0.29, 0.717) is 11.5 Å². The highest BCUT2D eigenvalue weighted by Crippen LogP contribution is 2.22. The van der Waals surface area contributed by atoms with E-state index in [2.05, 4.69) is 6.92 Å². The molecule has 2 heteroatoms. The van der Waals surface area contributed by atoms with Gasteiger partial charge < -0.3 is 10.2 Å². The molecule has 0 spiro atoms. The lowest BCUT2D eigenvalue weighted by molar-refractivity contribution is 0.462.